The molecule has 0 saturated heterocycles. The van der Waals surface area contributed by atoms with E-state index < -0.39 is 0 Å². The van der Waals surface area contributed by atoms with E-state index in [9.17, 15) is 9.59 Å². The molecule has 5 nitrogen and oxygen atoms in total. The fourth-order valence-electron chi connectivity index (χ4n) is 2.82. The number of likely N-dealkylation sites (N-methyl/N-ethyl adjacent to an activating group) is 1. The molecule has 0 spiro atoms. The topological polar surface area (TPSA) is 58.6 Å². The first-order chi connectivity index (χ1) is 13.4. The molecule has 0 aliphatic carbocycles. The van der Waals surface area contributed by atoms with Gasteiger partial charge in [-0.15, -0.1) is 0 Å². The predicted molar refractivity (Wildman–Crippen MR) is 113 cm³/mol. The highest BCUT2D eigenvalue weighted by atomic mass is 35.5. The molecule has 0 unspecified atom stereocenters. The molecule has 28 heavy (non-hydrogen) atoms. The van der Waals surface area contributed by atoms with Gasteiger partial charge < -0.3 is 15.0 Å². The number of anilines is 1. The van der Waals surface area contributed by atoms with Crippen molar-refractivity contribution >= 4 is 29.1 Å². The lowest BCUT2D eigenvalue weighted by Gasteiger charge is -2.18. The van der Waals surface area contributed by atoms with Crippen LogP contribution in [0.3, 0.4) is 0 Å². The molecule has 2 amide bonds. The van der Waals surface area contributed by atoms with Crippen molar-refractivity contribution in [3.8, 4) is 5.75 Å². The largest absolute Gasteiger partial charge is 0.493 e. The number of halogens is 1. The maximum Gasteiger partial charge on any atom is 0.243 e. The van der Waals surface area contributed by atoms with Crippen molar-refractivity contribution < 1.29 is 14.3 Å². The van der Waals surface area contributed by atoms with Gasteiger partial charge in [0.05, 0.1) is 13.2 Å². The zero-order valence-corrected chi connectivity index (χ0v) is 17.4. The second-order valence-corrected chi connectivity index (χ2v) is 7.11. The molecule has 0 bridgehead atoms. The van der Waals surface area contributed by atoms with Crippen LogP contribution in [0.15, 0.2) is 42.5 Å². The molecule has 0 aliphatic rings. The quantitative estimate of drug-likeness (QED) is 0.629. The van der Waals surface area contributed by atoms with Crippen LogP contribution in [0.25, 0.3) is 0 Å². The summed E-state index contributed by atoms with van der Waals surface area (Å²) in [5.41, 5.74) is 2.82. The highest BCUT2D eigenvalue weighted by Gasteiger charge is 2.14. The smallest absolute Gasteiger partial charge is 0.243 e. The molecule has 0 atom stereocenters. The van der Waals surface area contributed by atoms with Crippen LogP contribution >= 0.6 is 11.6 Å². The lowest BCUT2D eigenvalue weighted by atomic mass is 10.1. The predicted octanol–water partition coefficient (Wildman–Crippen LogP) is 4.47. The molecule has 0 fully saturated rings. The van der Waals surface area contributed by atoms with Crippen molar-refractivity contribution in [2.24, 2.45) is 0 Å². The Labute approximate surface area is 171 Å². The van der Waals surface area contributed by atoms with E-state index >= 15 is 0 Å². The monoisotopic (exact) mass is 402 g/mol. The number of rotatable bonds is 9. The third-order valence-corrected chi connectivity index (χ3v) is 4.64. The van der Waals surface area contributed by atoms with E-state index in [1.165, 1.54) is 4.90 Å². The van der Waals surface area contributed by atoms with E-state index in [1.54, 1.807) is 13.1 Å². The van der Waals surface area contributed by atoms with Crippen molar-refractivity contribution in [2.45, 2.75) is 33.1 Å². The summed E-state index contributed by atoms with van der Waals surface area (Å²) in [5.74, 6) is 0.472. The van der Waals surface area contributed by atoms with E-state index in [-0.39, 0.29) is 18.4 Å². The molecule has 0 aliphatic heterocycles. The minimum Gasteiger partial charge on any atom is -0.493 e. The highest BCUT2D eigenvalue weighted by Crippen LogP contribution is 2.22. The van der Waals surface area contributed by atoms with Crippen LogP contribution in [0, 0.1) is 6.92 Å². The Morgan fingerprint density at radius 2 is 1.93 bits per heavy atom. The van der Waals surface area contributed by atoms with Gasteiger partial charge in [-0.3, -0.25) is 9.59 Å². The Kier molecular flexibility index (Phi) is 8.33. The maximum atomic E-state index is 12.2. The van der Waals surface area contributed by atoms with Gasteiger partial charge in [-0.2, -0.15) is 0 Å². The normalized spacial score (nSPS) is 10.4. The van der Waals surface area contributed by atoms with Gasteiger partial charge in [0, 0.05) is 24.2 Å². The molecule has 150 valence electrons. The molecule has 0 radical (unpaired) electrons. The molecule has 0 heterocycles. The average Bonchev–Trinajstić information content (AvgIpc) is 2.66. The number of benzene rings is 2. The summed E-state index contributed by atoms with van der Waals surface area (Å²) in [4.78, 5) is 25.9. The molecule has 1 N–H and O–H groups in total. The van der Waals surface area contributed by atoms with Gasteiger partial charge in [0.1, 0.15) is 5.75 Å². The van der Waals surface area contributed by atoms with Crippen LogP contribution in [0.4, 0.5) is 5.69 Å². The lowest BCUT2D eigenvalue weighted by molar-refractivity contribution is -0.133. The van der Waals surface area contributed by atoms with Crippen LogP contribution in [0.5, 0.6) is 5.75 Å². The number of hydrogen-bond donors (Lipinski definition) is 1. The van der Waals surface area contributed by atoms with E-state index in [4.69, 9.17) is 16.3 Å². The Morgan fingerprint density at radius 3 is 2.64 bits per heavy atom. The number of ether oxygens (including phenoxy) is 1. The van der Waals surface area contributed by atoms with Gasteiger partial charge in [0.25, 0.3) is 0 Å². The number of aryl methyl sites for hydroxylation is 2. The zero-order chi connectivity index (χ0) is 20.5. The molecular weight excluding hydrogens is 376 g/mol. The first kappa shape index (κ1) is 21.8. The Morgan fingerprint density at radius 1 is 1.18 bits per heavy atom. The van der Waals surface area contributed by atoms with Gasteiger partial charge in [-0.25, -0.2) is 0 Å². The SMILES string of the molecule is CCc1ccccc1NC(=O)CN(C)C(=O)CCCOc1ccc(Cl)cc1C. The van der Waals surface area contributed by atoms with Crippen LogP contribution in [0.1, 0.15) is 30.9 Å². The standard InChI is InChI=1S/C22H27ClN2O3/c1-4-17-8-5-6-9-19(17)24-21(26)15-25(3)22(27)10-7-13-28-20-12-11-18(23)14-16(20)2/h5-6,8-9,11-12,14H,4,7,10,13,15H2,1-3H3,(H,24,26). The summed E-state index contributed by atoms with van der Waals surface area (Å²) >= 11 is 5.93. The van der Waals surface area contributed by atoms with Crippen molar-refractivity contribution in [2.75, 3.05) is 25.5 Å². The van der Waals surface area contributed by atoms with Gasteiger partial charge in [-0.05, 0) is 55.2 Å². The Bertz CT molecular complexity index is 823. The number of carbonyl (C=O) groups excluding carboxylic acids is 2. The van der Waals surface area contributed by atoms with Crippen LogP contribution in [-0.4, -0.2) is 36.9 Å². The molecular formula is C22H27ClN2O3. The molecule has 0 saturated carbocycles. The van der Waals surface area contributed by atoms with Crippen molar-refractivity contribution in [1.82, 2.24) is 4.90 Å². The summed E-state index contributed by atoms with van der Waals surface area (Å²) < 4.78 is 5.70. The van der Waals surface area contributed by atoms with Gasteiger partial charge in [0.15, 0.2) is 0 Å². The fraction of sp³-hybridized carbons (Fsp3) is 0.364. The van der Waals surface area contributed by atoms with Crippen LogP contribution < -0.4 is 10.1 Å². The molecule has 2 rings (SSSR count). The van der Waals surface area contributed by atoms with Gasteiger partial charge in [0.2, 0.25) is 11.8 Å². The number of amides is 2. The first-order valence-corrected chi connectivity index (χ1v) is 9.79. The summed E-state index contributed by atoms with van der Waals surface area (Å²) in [7, 11) is 1.64. The minimum atomic E-state index is -0.204. The maximum absolute atomic E-state index is 12.2. The van der Waals surface area contributed by atoms with E-state index in [2.05, 4.69) is 5.32 Å². The average molecular weight is 403 g/mol. The van der Waals surface area contributed by atoms with Gasteiger partial charge >= 0.3 is 0 Å². The summed E-state index contributed by atoms with van der Waals surface area (Å²) in [6.07, 6.45) is 1.73. The van der Waals surface area contributed by atoms with Crippen LogP contribution in [-0.2, 0) is 16.0 Å². The highest BCUT2D eigenvalue weighted by molar-refractivity contribution is 6.30. The number of carbonyl (C=O) groups is 2. The Hall–Kier alpha value is -2.53. The summed E-state index contributed by atoms with van der Waals surface area (Å²) in [6, 6.07) is 13.1. The fourth-order valence-corrected chi connectivity index (χ4v) is 3.04. The minimum absolute atomic E-state index is 0.0219. The summed E-state index contributed by atoms with van der Waals surface area (Å²) in [5, 5.41) is 3.55. The molecule has 2 aromatic rings. The number of nitrogens with zero attached hydrogens (tertiary/aromatic N) is 1. The lowest BCUT2D eigenvalue weighted by Crippen LogP contribution is -2.35. The van der Waals surface area contributed by atoms with Gasteiger partial charge in [-0.1, -0.05) is 36.7 Å². The number of hydrogen-bond acceptors (Lipinski definition) is 3. The van der Waals surface area contributed by atoms with E-state index in [0.717, 1.165) is 29.0 Å². The van der Waals surface area contributed by atoms with Crippen molar-refractivity contribution in [3.63, 3.8) is 0 Å². The molecule has 6 heteroatoms. The van der Waals surface area contributed by atoms with Crippen molar-refractivity contribution in [1.29, 1.82) is 0 Å². The van der Waals surface area contributed by atoms with Crippen LogP contribution in [0.2, 0.25) is 5.02 Å². The van der Waals surface area contributed by atoms with E-state index in [1.807, 2.05) is 50.2 Å². The third-order valence-electron chi connectivity index (χ3n) is 4.41. The second kappa shape index (κ2) is 10.7. The van der Waals surface area contributed by atoms with Crippen molar-refractivity contribution in [3.05, 3.63) is 58.6 Å². The first-order valence-electron chi connectivity index (χ1n) is 9.41. The van der Waals surface area contributed by atoms with E-state index in [0.29, 0.717) is 24.5 Å². The number of nitrogens with one attached hydrogen (secondary N) is 1. The Balaban J connectivity index is 1.74. The zero-order valence-electron chi connectivity index (χ0n) is 16.6. The third kappa shape index (κ3) is 6.57. The summed E-state index contributed by atoms with van der Waals surface area (Å²) in [6.45, 7) is 4.41. The molecule has 2 aromatic carbocycles. The second-order valence-electron chi connectivity index (χ2n) is 6.67. The molecule has 0 aromatic heterocycles. The number of para-hydroxylation sites is 1.